The van der Waals surface area contributed by atoms with Crippen LogP contribution in [0, 0.1) is 0 Å². The van der Waals surface area contributed by atoms with Crippen molar-refractivity contribution in [3.63, 3.8) is 0 Å². The van der Waals surface area contributed by atoms with E-state index in [1.165, 1.54) is 5.57 Å². The molecule has 0 unspecified atom stereocenters. The van der Waals surface area contributed by atoms with Crippen molar-refractivity contribution >= 4 is 5.78 Å². The first-order valence-corrected chi connectivity index (χ1v) is 4.73. The number of nitrogens with zero attached hydrogens (tertiary/aromatic N) is 1. The zero-order chi connectivity index (χ0) is 10.6. The fourth-order valence-corrected chi connectivity index (χ4v) is 1.13. The molecule has 3 heteroatoms. The Morgan fingerprint density at radius 3 is 2.60 bits per heavy atom. The van der Waals surface area contributed by atoms with E-state index >= 15 is 0 Å². The number of pyridine rings is 1. The largest absolute Gasteiger partial charge is 1.00 e. The van der Waals surface area contributed by atoms with Gasteiger partial charge < -0.3 is 17.0 Å². The van der Waals surface area contributed by atoms with Crippen molar-refractivity contribution in [3.8, 4) is 0 Å². The minimum Gasteiger partial charge on any atom is -1.00 e. The van der Waals surface area contributed by atoms with Gasteiger partial charge in [-0.15, -0.1) is 0 Å². The maximum absolute atomic E-state index is 11.1. The normalized spacial score (nSPS) is 9.00. The lowest BCUT2D eigenvalue weighted by Crippen LogP contribution is -3.00. The van der Waals surface area contributed by atoms with E-state index in [2.05, 4.69) is 19.9 Å². The molecule has 0 aliphatic heterocycles. The third-order valence-corrected chi connectivity index (χ3v) is 1.98. The molecule has 0 aromatic carbocycles. The van der Waals surface area contributed by atoms with Gasteiger partial charge in [0.1, 0.15) is 0 Å². The topological polar surface area (TPSA) is 20.9 Å². The molecule has 0 saturated carbocycles. The molecular formula is C12H16BrNO. The summed E-state index contributed by atoms with van der Waals surface area (Å²) in [5.74, 6) is 0.108. The molecule has 82 valence electrons. The fourth-order valence-electron chi connectivity index (χ4n) is 1.13. The van der Waals surface area contributed by atoms with Crippen LogP contribution < -0.4 is 21.5 Å². The van der Waals surface area contributed by atoms with Gasteiger partial charge >= 0.3 is 0 Å². The molecular weight excluding hydrogens is 254 g/mol. The molecule has 0 aliphatic carbocycles. The molecule has 2 nitrogen and oxygen atoms in total. The molecule has 0 saturated heterocycles. The van der Waals surface area contributed by atoms with Crippen LogP contribution in [0.2, 0.25) is 0 Å². The first-order chi connectivity index (χ1) is 6.59. The minimum absolute atomic E-state index is 0. The second-order valence-corrected chi connectivity index (χ2v) is 3.63. The van der Waals surface area contributed by atoms with Crippen molar-refractivity contribution in [2.24, 2.45) is 0 Å². The number of rotatable bonds is 3. The van der Waals surface area contributed by atoms with E-state index < -0.39 is 0 Å². The maximum Gasteiger partial charge on any atom is 0.179 e. The third-order valence-electron chi connectivity index (χ3n) is 1.98. The summed E-state index contributed by atoms with van der Waals surface area (Å²) in [6.45, 7) is 6.54. The molecule has 1 heterocycles. The monoisotopic (exact) mass is 269 g/mol. The van der Waals surface area contributed by atoms with Crippen molar-refractivity contribution in [3.05, 3.63) is 41.7 Å². The Morgan fingerprint density at radius 2 is 2.07 bits per heavy atom. The van der Waals surface area contributed by atoms with E-state index in [-0.39, 0.29) is 22.8 Å². The summed E-state index contributed by atoms with van der Waals surface area (Å²) in [7, 11) is 0. The first kappa shape index (κ1) is 14.0. The highest BCUT2D eigenvalue weighted by Gasteiger charge is 2.04. The van der Waals surface area contributed by atoms with E-state index in [0.717, 1.165) is 12.1 Å². The van der Waals surface area contributed by atoms with Gasteiger partial charge in [-0.3, -0.25) is 4.79 Å². The number of carbonyl (C=O) groups is 1. The minimum atomic E-state index is 0. The van der Waals surface area contributed by atoms with E-state index in [1.807, 2.05) is 29.1 Å². The lowest BCUT2D eigenvalue weighted by molar-refractivity contribution is -0.687. The van der Waals surface area contributed by atoms with E-state index in [4.69, 9.17) is 0 Å². The van der Waals surface area contributed by atoms with Gasteiger partial charge in [-0.1, -0.05) is 5.57 Å². The zero-order valence-electron chi connectivity index (χ0n) is 9.33. The number of allylic oxidation sites excluding steroid dienone is 2. The Balaban J connectivity index is 0.00000196. The summed E-state index contributed by atoms with van der Waals surface area (Å²) in [5.41, 5.74) is 2.04. The van der Waals surface area contributed by atoms with Crippen LogP contribution in [0.4, 0.5) is 0 Å². The number of hydrogen-bond donors (Lipinski definition) is 0. The van der Waals surface area contributed by atoms with Crippen LogP contribution in [0.3, 0.4) is 0 Å². The highest BCUT2D eigenvalue weighted by Crippen LogP contribution is 1.95. The van der Waals surface area contributed by atoms with Gasteiger partial charge in [-0.2, -0.15) is 0 Å². The predicted molar refractivity (Wildman–Crippen MR) is 56.1 cm³/mol. The molecule has 15 heavy (non-hydrogen) atoms. The lowest BCUT2D eigenvalue weighted by Gasteiger charge is -1.95. The number of aromatic nitrogens is 1. The summed E-state index contributed by atoms with van der Waals surface area (Å²) in [6, 6.07) is 3.73. The van der Waals surface area contributed by atoms with Crippen molar-refractivity contribution < 1.29 is 26.3 Å². The van der Waals surface area contributed by atoms with Crippen LogP contribution >= 0.6 is 0 Å². The predicted octanol–water partition coefficient (Wildman–Crippen LogP) is -0.853. The first-order valence-electron chi connectivity index (χ1n) is 4.73. The molecule has 0 atom stereocenters. The molecule has 0 amide bonds. The van der Waals surface area contributed by atoms with Crippen molar-refractivity contribution in [2.75, 3.05) is 0 Å². The number of ketones is 1. The highest BCUT2D eigenvalue weighted by atomic mass is 79.9. The van der Waals surface area contributed by atoms with Crippen LogP contribution in [0.5, 0.6) is 0 Å². The van der Waals surface area contributed by atoms with Gasteiger partial charge in [0.15, 0.2) is 24.7 Å². The lowest BCUT2D eigenvalue weighted by atomic mass is 10.2. The molecule has 0 fully saturated rings. The number of Topliss-reactive ketones (excluding diaryl/α,β-unsaturated/α-hetero) is 1. The van der Waals surface area contributed by atoms with E-state index in [0.29, 0.717) is 0 Å². The number of halogens is 1. The van der Waals surface area contributed by atoms with Crippen LogP contribution in [0.25, 0.3) is 0 Å². The van der Waals surface area contributed by atoms with E-state index in [1.54, 1.807) is 6.92 Å². The van der Waals surface area contributed by atoms with Gasteiger partial charge in [-0.05, 0) is 32.9 Å². The van der Waals surface area contributed by atoms with Gasteiger partial charge in [-0.25, -0.2) is 4.57 Å². The summed E-state index contributed by atoms with van der Waals surface area (Å²) in [4.78, 5) is 11.1. The molecule has 0 spiro atoms. The van der Waals surface area contributed by atoms with Crippen LogP contribution in [-0.4, -0.2) is 5.78 Å². The number of carbonyl (C=O) groups excluding carboxylic acids is 1. The van der Waals surface area contributed by atoms with Crippen LogP contribution in [-0.2, 0) is 6.54 Å². The Bertz CT molecular complexity index is 368. The SMILES string of the molecule is CC(=O)c1ccc[n+](CC=C(C)C)c1.[Br-]. The molecule has 1 aromatic rings. The maximum atomic E-state index is 11.1. The Kier molecular flexibility index (Phi) is 6.09. The number of hydrogen-bond acceptors (Lipinski definition) is 1. The molecule has 1 rings (SSSR count). The van der Waals surface area contributed by atoms with Gasteiger partial charge in [0.25, 0.3) is 0 Å². The van der Waals surface area contributed by atoms with Gasteiger partial charge in [0, 0.05) is 6.07 Å². The molecule has 0 N–H and O–H groups in total. The Labute approximate surface area is 101 Å². The summed E-state index contributed by atoms with van der Waals surface area (Å²) in [6.07, 6.45) is 5.97. The molecule has 0 bridgehead atoms. The van der Waals surface area contributed by atoms with Crippen molar-refractivity contribution in [2.45, 2.75) is 27.3 Å². The van der Waals surface area contributed by atoms with Gasteiger partial charge in [0.05, 0.1) is 5.56 Å². The summed E-state index contributed by atoms with van der Waals surface area (Å²) < 4.78 is 2.00. The van der Waals surface area contributed by atoms with Crippen molar-refractivity contribution in [1.29, 1.82) is 0 Å². The van der Waals surface area contributed by atoms with Crippen LogP contribution in [0.15, 0.2) is 36.2 Å². The molecule has 0 aliphatic rings. The second-order valence-electron chi connectivity index (χ2n) is 3.63. The second kappa shape index (κ2) is 6.51. The molecule has 0 radical (unpaired) electrons. The standard InChI is InChI=1S/C12H16NO.BrH/c1-10(2)6-8-13-7-4-5-12(9-13)11(3)14;/h4-7,9H,8H2,1-3H3;1H/q+1;/p-1. The quantitative estimate of drug-likeness (QED) is 0.398. The molecule has 1 aromatic heterocycles. The highest BCUT2D eigenvalue weighted by molar-refractivity contribution is 5.93. The summed E-state index contributed by atoms with van der Waals surface area (Å²) >= 11 is 0. The Hall–Kier alpha value is -0.960. The van der Waals surface area contributed by atoms with Crippen molar-refractivity contribution in [1.82, 2.24) is 0 Å². The van der Waals surface area contributed by atoms with Crippen LogP contribution in [0.1, 0.15) is 31.1 Å². The zero-order valence-corrected chi connectivity index (χ0v) is 10.9. The Morgan fingerprint density at radius 1 is 1.40 bits per heavy atom. The van der Waals surface area contributed by atoms with Gasteiger partial charge in [0.2, 0.25) is 0 Å². The van der Waals surface area contributed by atoms with E-state index in [9.17, 15) is 4.79 Å². The summed E-state index contributed by atoms with van der Waals surface area (Å²) in [5, 5.41) is 0. The average molecular weight is 270 g/mol. The average Bonchev–Trinajstić information content (AvgIpc) is 2.15. The third kappa shape index (κ3) is 4.88. The smallest absolute Gasteiger partial charge is 0.179 e. The fraction of sp³-hybridized carbons (Fsp3) is 0.333.